The number of fused-ring (bicyclic) bond motifs is 1. The Balaban J connectivity index is 1.61. The highest BCUT2D eigenvalue weighted by molar-refractivity contribution is 4.94. The summed E-state index contributed by atoms with van der Waals surface area (Å²) in [5.74, 6) is 0. The summed E-state index contributed by atoms with van der Waals surface area (Å²) < 4.78 is 0. The zero-order chi connectivity index (χ0) is 11.2. The molecule has 0 aromatic rings. The van der Waals surface area contributed by atoms with Crippen LogP contribution in [0.3, 0.4) is 0 Å². The van der Waals surface area contributed by atoms with Gasteiger partial charge in [0.2, 0.25) is 0 Å². The van der Waals surface area contributed by atoms with Crippen molar-refractivity contribution in [1.29, 1.82) is 0 Å². The van der Waals surface area contributed by atoms with Crippen LogP contribution in [0.15, 0.2) is 0 Å². The van der Waals surface area contributed by atoms with Crippen LogP contribution in [0.1, 0.15) is 46.0 Å². The van der Waals surface area contributed by atoms with Crippen molar-refractivity contribution < 1.29 is 0 Å². The molecular formula is C14H26N2. The van der Waals surface area contributed by atoms with Gasteiger partial charge in [-0.2, -0.15) is 0 Å². The van der Waals surface area contributed by atoms with Crippen LogP contribution >= 0.6 is 0 Å². The van der Waals surface area contributed by atoms with Crippen molar-refractivity contribution >= 4 is 0 Å². The molecule has 0 aromatic carbocycles. The standard InChI is InChI=1S/C14H26N2/c1-12-9-15-8-3-5-13(15)10-16(12)11-14(2)6-4-7-14/h12-13H,3-11H2,1-2H3. The highest BCUT2D eigenvalue weighted by atomic mass is 15.3. The zero-order valence-electron chi connectivity index (χ0n) is 10.9. The van der Waals surface area contributed by atoms with Gasteiger partial charge in [-0.25, -0.2) is 0 Å². The van der Waals surface area contributed by atoms with E-state index in [1.54, 1.807) is 0 Å². The van der Waals surface area contributed by atoms with Gasteiger partial charge in [0.15, 0.2) is 0 Å². The minimum Gasteiger partial charge on any atom is -0.298 e. The Morgan fingerprint density at radius 3 is 2.69 bits per heavy atom. The van der Waals surface area contributed by atoms with E-state index in [0.717, 1.165) is 12.1 Å². The Hall–Kier alpha value is -0.0800. The maximum atomic E-state index is 2.78. The molecule has 2 nitrogen and oxygen atoms in total. The summed E-state index contributed by atoms with van der Waals surface area (Å²) in [6, 6.07) is 1.67. The smallest absolute Gasteiger partial charge is 0.0224 e. The molecule has 0 amide bonds. The van der Waals surface area contributed by atoms with Crippen LogP contribution in [-0.4, -0.2) is 48.1 Å². The van der Waals surface area contributed by atoms with Crippen molar-refractivity contribution in [2.24, 2.45) is 5.41 Å². The third kappa shape index (κ3) is 1.91. The van der Waals surface area contributed by atoms with Crippen molar-refractivity contribution in [3.63, 3.8) is 0 Å². The average molecular weight is 222 g/mol. The second-order valence-electron chi connectivity index (χ2n) is 6.73. The van der Waals surface area contributed by atoms with Gasteiger partial charge >= 0.3 is 0 Å². The molecule has 16 heavy (non-hydrogen) atoms. The SMILES string of the molecule is CC1CN2CCCC2CN1CC1(C)CCC1. The molecule has 2 saturated heterocycles. The van der Waals surface area contributed by atoms with E-state index in [1.165, 1.54) is 58.3 Å². The highest BCUT2D eigenvalue weighted by Crippen LogP contribution is 2.41. The molecule has 1 saturated carbocycles. The van der Waals surface area contributed by atoms with Crippen LogP contribution in [0.5, 0.6) is 0 Å². The lowest BCUT2D eigenvalue weighted by Crippen LogP contribution is -2.57. The number of piperazine rings is 1. The van der Waals surface area contributed by atoms with Gasteiger partial charge in [-0.05, 0) is 44.6 Å². The first-order chi connectivity index (χ1) is 7.66. The van der Waals surface area contributed by atoms with Crippen molar-refractivity contribution in [3.8, 4) is 0 Å². The molecule has 1 aliphatic carbocycles. The molecule has 3 rings (SSSR count). The highest BCUT2D eigenvalue weighted by Gasteiger charge is 2.39. The minimum absolute atomic E-state index is 0.662. The van der Waals surface area contributed by atoms with Gasteiger partial charge in [0.05, 0.1) is 0 Å². The first kappa shape index (κ1) is 11.0. The number of hydrogen-bond acceptors (Lipinski definition) is 2. The topological polar surface area (TPSA) is 6.48 Å². The average Bonchev–Trinajstić information content (AvgIpc) is 2.63. The number of nitrogens with zero attached hydrogens (tertiary/aromatic N) is 2. The van der Waals surface area contributed by atoms with Crippen molar-refractivity contribution in [3.05, 3.63) is 0 Å². The van der Waals surface area contributed by atoms with E-state index in [0.29, 0.717) is 5.41 Å². The third-order valence-corrected chi connectivity index (χ3v) is 5.21. The zero-order valence-corrected chi connectivity index (χ0v) is 10.9. The van der Waals surface area contributed by atoms with Gasteiger partial charge in [-0.1, -0.05) is 13.3 Å². The van der Waals surface area contributed by atoms with Gasteiger partial charge in [0.25, 0.3) is 0 Å². The molecule has 2 heteroatoms. The van der Waals surface area contributed by atoms with Crippen LogP contribution in [0, 0.1) is 5.41 Å². The molecule has 2 atom stereocenters. The summed E-state index contributed by atoms with van der Waals surface area (Å²) in [5, 5.41) is 0. The molecule has 0 spiro atoms. The third-order valence-electron chi connectivity index (χ3n) is 5.21. The molecule has 0 N–H and O–H groups in total. The summed E-state index contributed by atoms with van der Waals surface area (Å²) in [6.45, 7) is 10.3. The van der Waals surface area contributed by atoms with Crippen LogP contribution in [0.4, 0.5) is 0 Å². The molecule has 3 fully saturated rings. The van der Waals surface area contributed by atoms with E-state index in [9.17, 15) is 0 Å². The molecule has 92 valence electrons. The fourth-order valence-corrected chi connectivity index (χ4v) is 3.90. The fraction of sp³-hybridized carbons (Fsp3) is 1.00. The van der Waals surface area contributed by atoms with E-state index in [2.05, 4.69) is 23.6 Å². The summed E-state index contributed by atoms with van der Waals surface area (Å²) in [4.78, 5) is 5.51. The van der Waals surface area contributed by atoms with Crippen LogP contribution in [0.25, 0.3) is 0 Å². The fourth-order valence-electron chi connectivity index (χ4n) is 3.90. The normalized spacial score (nSPS) is 39.4. The molecule has 0 bridgehead atoms. The lowest BCUT2D eigenvalue weighted by atomic mass is 9.70. The van der Waals surface area contributed by atoms with Gasteiger partial charge in [0, 0.05) is 31.7 Å². The second kappa shape index (κ2) is 3.99. The monoisotopic (exact) mass is 222 g/mol. The molecule has 2 heterocycles. The molecule has 0 radical (unpaired) electrons. The lowest BCUT2D eigenvalue weighted by Gasteiger charge is -2.48. The predicted octanol–water partition coefficient (Wildman–Crippen LogP) is 2.35. The van der Waals surface area contributed by atoms with Gasteiger partial charge in [0.1, 0.15) is 0 Å². The summed E-state index contributed by atoms with van der Waals surface area (Å²) in [6.07, 6.45) is 7.27. The van der Waals surface area contributed by atoms with Crippen LogP contribution in [-0.2, 0) is 0 Å². The summed E-state index contributed by atoms with van der Waals surface area (Å²) >= 11 is 0. The number of rotatable bonds is 2. The summed E-state index contributed by atoms with van der Waals surface area (Å²) in [5.41, 5.74) is 0.662. The second-order valence-corrected chi connectivity index (χ2v) is 6.73. The lowest BCUT2D eigenvalue weighted by molar-refractivity contribution is 0.00529. The predicted molar refractivity (Wildman–Crippen MR) is 67.6 cm³/mol. The largest absolute Gasteiger partial charge is 0.298 e. The van der Waals surface area contributed by atoms with E-state index >= 15 is 0 Å². The Morgan fingerprint density at radius 1 is 1.19 bits per heavy atom. The molecule has 3 aliphatic rings. The molecule has 2 aliphatic heterocycles. The van der Waals surface area contributed by atoms with Crippen LogP contribution < -0.4 is 0 Å². The molecular weight excluding hydrogens is 196 g/mol. The maximum absolute atomic E-state index is 2.78. The Bertz CT molecular complexity index is 259. The van der Waals surface area contributed by atoms with Crippen LogP contribution in [0.2, 0.25) is 0 Å². The van der Waals surface area contributed by atoms with E-state index in [-0.39, 0.29) is 0 Å². The van der Waals surface area contributed by atoms with E-state index in [1.807, 2.05) is 0 Å². The first-order valence-corrected chi connectivity index (χ1v) is 7.14. The Kier molecular flexibility index (Phi) is 2.75. The van der Waals surface area contributed by atoms with E-state index < -0.39 is 0 Å². The quantitative estimate of drug-likeness (QED) is 0.707. The van der Waals surface area contributed by atoms with E-state index in [4.69, 9.17) is 0 Å². The van der Waals surface area contributed by atoms with Crippen molar-refractivity contribution in [1.82, 2.24) is 9.80 Å². The molecule has 2 unspecified atom stereocenters. The van der Waals surface area contributed by atoms with Gasteiger partial charge in [-0.15, -0.1) is 0 Å². The number of hydrogen-bond donors (Lipinski definition) is 0. The first-order valence-electron chi connectivity index (χ1n) is 7.14. The van der Waals surface area contributed by atoms with Gasteiger partial charge < -0.3 is 0 Å². The minimum atomic E-state index is 0.662. The van der Waals surface area contributed by atoms with Crippen molar-refractivity contribution in [2.75, 3.05) is 26.2 Å². The van der Waals surface area contributed by atoms with Gasteiger partial charge in [-0.3, -0.25) is 9.80 Å². The van der Waals surface area contributed by atoms with Crippen molar-refractivity contribution in [2.45, 2.75) is 58.0 Å². The summed E-state index contributed by atoms with van der Waals surface area (Å²) in [7, 11) is 0. The Morgan fingerprint density at radius 2 is 2.00 bits per heavy atom. The molecule has 0 aromatic heterocycles. The maximum Gasteiger partial charge on any atom is 0.0224 e. The Labute approximate surface area is 100.0 Å².